The van der Waals surface area contributed by atoms with Gasteiger partial charge in [-0.1, -0.05) is 0 Å². The van der Waals surface area contributed by atoms with E-state index in [0.29, 0.717) is 5.69 Å². The van der Waals surface area contributed by atoms with Crippen molar-refractivity contribution in [2.75, 3.05) is 32.7 Å². The quantitative estimate of drug-likeness (QED) is 0.493. The van der Waals surface area contributed by atoms with E-state index >= 15 is 0 Å². The SMILES string of the molecule is COC(=O)c1cc(N)ccc1OCCOCC(F)(F)F. The van der Waals surface area contributed by atoms with Gasteiger partial charge in [-0.2, -0.15) is 13.2 Å². The van der Waals surface area contributed by atoms with Gasteiger partial charge in [0.2, 0.25) is 0 Å². The lowest BCUT2D eigenvalue weighted by atomic mass is 10.2. The van der Waals surface area contributed by atoms with Gasteiger partial charge in [-0.05, 0) is 18.2 Å². The molecule has 0 fully saturated rings. The highest BCUT2D eigenvalue weighted by atomic mass is 19.4. The minimum Gasteiger partial charge on any atom is -0.490 e. The lowest BCUT2D eigenvalue weighted by molar-refractivity contribution is -0.175. The van der Waals surface area contributed by atoms with Crippen LogP contribution >= 0.6 is 0 Å². The minimum absolute atomic E-state index is 0.100. The van der Waals surface area contributed by atoms with Crippen LogP contribution < -0.4 is 10.5 Å². The molecule has 0 aromatic heterocycles. The molecule has 0 unspecified atom stereocenters. The number of benzene rings is 1. The van der Waals surface area contributed by atoms with Crippen LogP contribution in [0.5, 0.6) is 5.75 Å². The highest BCUT2D eigenvalue weighted by molar-refractivity contribution is 5.93. The predicted octanol–water partition coefficient (Wildman–Crippen LogP) is 2.01. The molecule has 0 aliphatic carbocycles. The van der Waals surface area contributed by atoms with Crippen LogP contribution in [-0.2, 0) is 9.47 Å². The van der Waals surface area contributed by atoms with Crippen LogP contribution in [0.2, 0.25) is 0 Å². The molecule has 20 heavy (non-hydrogen) atoms. The van der Waals surface area contributed by atoms with Crippen molar-refractivity contribution in [2.24, 2.45) is 0 Å². The molecule has 1 aromatic carbocycles. The summed E-state index contributed by atoms with van der Waals surface area (Å²) < 4.78 is 49.6. The number of methoxy groups -OCH3 is 1. The number of ether oxygens (including phenoxy) is 3. The van der Waals surface area contributed by atoms with Gasteiger partial charge in [-0.3, -0.25) is 0 Å². The van der Waals surface area contributed by atoms with Crippen LogP contribution in [0.3, 0.4) is 0 Å². The summed E-state index contributed by atoms with van der Waals surface area (Å²) in [5, 5.41) is 0. The Morgan fingerprint density at radius 3 is 2.60 bits per heavy atom. The standard InChI is InChI=1S/C12H14F3NO4/c1-18-11(17)9-6-8(16)2-3-10(9)20-5-4-19-7-12(13,14)15/h2-3,6H,4-5,7,16H2,1H3. The van der Waals surface area contributed by atoms with Crippen molar-refractivity contribution < 1.29 is 32.2 Å². The molecule has 1 aromatic rings. The second kappa shape index (κ2) is 6.99. The molecule has 0 atom stereocenters. The molecule has 0 saturated heterocycles. The van der Waals surface area contributed by atoms with Gasteiger partial charge in [-0.15, -0.1) is 0 Å². The smallest absolute Gasteiger partial charge is 0.411 e. The van der Waals surface area contributed by atoms with E-state index < -0.39 is 18.8 Å². The third kappa shape index (κ3) is 5.35. The zero-order valence-corrected chi connectivity index (χ0v) is 10.7. The number of carbonyl (C=O) groups excluding carboxylic acids is 1. The number of rotatable bonds is 6. The first-order valence-corrected chi connectivity index (χ1v) is 5.58. The van der Waals surface area contributed by atoms with E-state index in [0.717, 1.165) is 0 Å². The van der Waals surface area contributed by atoms with Gasteiger partial charge in [-0.25, -0.2) is 4.79 Å². The molecule has 0 aliphatic rings. The Morgan fingerprint density at radius 1 is 1.30 bits per heavy atom. The molecule has 0 spiro atoms. The average molecular weight is 293 g/mol. The lowest BCUT2D eigenvalue weighted by Crippen LogP contribution is -2.19. The minimum atomic E-state index is -4.38. The Kier molecular flexibility index (Phi) is 5.63. The molecule has 0 bridgehead atoms. The summed E-state index contributed by atoms with van der Waals surface area (Å²) in [6.45, 7) is -1.74. The van der Waals surface area contributed by atoms with E-state index in [2.05, 4.69) is 9.47 Å². The molecule has 8 heteroatoms. The summed E-state index contributed by atoms with van der Waals surface area (Å²) >= 11 is 0. The number of esters is 1. The van der Waals surface area contributed by atoms with E-state index in [9.17, 15) is 18.0 Å². The molecule has 0 saturated carbocycles. The fourth-order valence-corrected chi connectivity index (χ4v) is 1.34. The van der Waals surface area contributed by atoms with Gasteiger partial charge in [0, 0.05) is 5.69 Å². The molecule has 112 valence electrons. The summed E-state index contributed by atoms with van der Waals surface area (Å²) in [7, 11) is 1.20. The Morgan fingerprint density at radius 2 is 2.00 bits per heavy atom. The summed E-state index contributed by atoms with van der Waals surface area (Å²) in [6.07, 6.45) is -4.38. The maximum Gasteiger partial charge on any atom is 0.411 e. The van der Waals surface area contributed by atoms with Gasteiger partial charge in [0.05, 0.1) is 13.7 Å². The molecule has 5 nitrogen and oxygen atoms in total. The predicted molar refractivity (Wildman–Crippen MR) is 64.6 cm³/mol. The largest absolute Gasteiger partial charge is 0.490 e. The first kappa shape index (κ1) is 16.1. The Balaban J connectivity index is 2.53. The zero-order valence-electron chi connectivity index (χ0n) is 10.7. The van der Waals surface area contributed by atoms with Crippen LogP contribution in [0, 0.1) is 0 Å². The Labute approximate surface area is 113 Å². The Bertz CT molecular complexity index is 463. The molecule has 0 heterocycles. The fourth-order valence-electron chi connectivity index (χ4n) is 1.34. The lowest BCUT2D eigenvalue weighted by Gasteiger charge is -2.12. The first-order chi connectivity index (χ1) is 9.33. The third-order valence-corrected chi connectivity index (χ3v) is 2.16. The van der Waals surface area contributed by atoms with Crippen LogP contribution in [0.1, 0.15) is 10.4 Å². The van der Waals surface area contributed by atoms with E-state index in [1.807, 2.05) is 0 Å². The van der Waals surface area contributed by atoms with Crippen molar-refractivity contribution in [1.29, 1.82) is 0 Å². The fraction of sp³-hybridized carbons (Fsp3) is 0.417. The topological polar surface area (TPSA) is 70.8 Å². The highest BCUT2D eigenvalue weighted by Gasteiger charge is 2.27. The monoisotopic (exact) mass is 293 g/mol. The van der Waals surface area contributed by atoms with Crippen molar-refractivity contribution >= 4 is 11.7 Å². The van der Waals surface area contributed by atoms with Crippen molar-refractivity contribution in [2.45, 2.75) is 6.18 Å². The van der Waals surface area contributed by atoms with Gasteiger partial charge in [0.25, 0.3) is 0 Å². The second-order valence-corrected chi connectivity index (χ2v) is 3.76. The summed E-state index contributed by atoms with van der Waals surface area (Å²) in [5.41, 5.74) is 5.97. The van der Waals surface area contributed by atoms with E-state index in [1.54, 1.807) is 0 Å². The summed E-state index contributed by atoms with van der Waals surface area (Å²) in [6, 6.07) is 4.29. The zero-order chi connectivity index (χ0) is 15.2. The summed E-state index contributed by atoms with van der Waals surface area (Å²) in [5.74, 6) is -0.481. The van der Waals surface area contributed by atoms with Crippen molar-refractivity contribution in [3.63, 3.8) is 0 Å². The molecule has 0 radical (unpaired) electrons. The van der Waals surface area contributed by atoms with Crippen LogP contribution in [-0.4, -0.2) is 39.1 Å². The molecule has 2 N–H and O–H groups in total. The van der Waals surface area contributed by atoms with Gasteiger partial charge < -0.3 is 19.9 Å². The van der Waals surface area contributed by atoms with Gasteiger partial charge in [0.1, 0.15) is 24.5 Å². The Hall–Kier alpha value is -1.96. The number of anilines is 1. The van der Waals surface area contributed by atoms with Crippen molar-refractivity contribution in [1.82, 2.24) is 0 Å². The number of alkyl halides is 3. The van der Waals surface area contributed by atoms with E-state index in [-0.39, 0.29) is 24.5 Å². The van der Waals surface area contributed by atoms with Gasteiger partial charge in [0.15, 0.2) is 0 Å². The third-order valence-electron chi connectivity index (χ3n) is 2.16. The molecular formula is C12H14F3NO4. The number of halogens is 3. The number of hydrogen-bond acceptors (Lipinski definition) is 5. The molecule has 1 rings (SSSR count). The van der Waals surface area contributed by atoms with Crippen molar-refractivity contribution in [3.8, 4) is 5.75 Å². The van der Waals surface area contributed by atoms with Crippen LogP contribution in [0.25, 0.3) is 0 Å². The summed E-state index contributed by atoms with van der Waals surface area (Å²) in [4.78, 5) is 11.5. The normalized spacial score (nSPS) is 11.2. The maximum absolute atomic E-state index is 11.8. The average Bonchev–Trinajstić information content (AvgIpc) is 2.37. The maximum atomic E-state index is 11.8. The highest BCUT2D eigenvalue weighted by Crippen LogP contribution is 2.22. The number of nitrogen functional groups attached to an aromatic ring is 1. The molecule has 0 amide bonds. The number of hydrogen-bond donors (Lipinski definition) is 1. The van der Waals surface area contributed by atoms with Crippen LogP contribution in [0.15, 0.2) is 18.2 Å². The first-order valence-electron chi connectivity index (χ1n) is 5.58. The molecule has 0 aliphatic heterocycles. The van der Waals surface area contributed by atoms with E-state index in [1.165, 1.54) is 25.3 Å². The second-order valence-electron chi connectivity index (χ2n) is 3.76. The number of nitrogens with two attached hydrogens (primary N) is 1. The molecular weight excluding hydrogens is 279 g/mol. The van der Waals surface area contributed by atoms with Gasteiger partial charge >= 0.3 is 12.1 Å². The van der Waals surface area contributed by atoms with E-state index in [4.69, 9.17) is 10.5 Å². The van der Waals surface area contributed by atoms with Crippen molar-refractivity contribution in [3.05, 3.63) is 23.8 Å². The number of carbonyl (C=O) groups is 1. The van der Waals surface area contributed by atoms with Crippen LogP contribution in [0.4, 0.5) is 18.9 Å².